The topological polar surface area (TPSA) is 3.24 Å². The Hall–Kier alpha value is 0.390. The molecule has 0 amide bonds. The Bertz CT molecular complexity index is 77.9. The maximum absolute atomic E-state index is 2.63. The van der Waals surface area contributed by atoms with E-state index in [0.717, 1.165) is 8.73 Å². The molecule has 0 aliphatic carbocycles. The van der Waals surface area contributed by atoms with Crippen molar-refractivity contribution < 1.29 is 0 Å². The van der Waals surface area contributed by atoms with Gasteiger partial charge in [0.1, 0.15) is 0 Å². The molecule has 0 aromatic carbocycles. The second kappa shape index (κ2) is 9.48. The predicted molar refractivity (Wildman–Crippen MR) is 60.2 cm³/mol. The van der Waals surface area contributed by atoms with Gasteiger partial charge < -0.3 is 0 Å². The normalized spacial score (nSPS) is 12.0. The van der Waals surface area contributed by atoms with Crippen LogP contribution in [0.25, 0.3) is 0 Å². The van der Waals surface area contributed by atoms with E-state index in [1.807, 2.05) is 0 Å². The number of hydrogen-bond acceptors (Lipinski definition) is 1. The summed E-state index contributed by atoms with van der Waals surface area (Å²) in [7, 11) is 1.06. The Labute approximate surface area is 79.8 Å². The van der Waals surface area contributed by atoms with Gasteiger partial charge in [-0.1, -0.05) is 42.3 Å². The SMILES string of the molecule is CCCCN(CCCC)PCC. The van der Waals surface area contributed by atoms with Crippen LogP contribution in [0.3, 0.4) is 0 Å². The first-order valence-corrected chi connectivity index (χ1v) is 6.49. The van der Waals surface area contributed by atoms with Crippen molar-refractivity contribution in [2.45, 2.75) is 46.5 Å². The van der Waals surface area contributed by atoms with Gasteiger partial charge in [0.2, 0.25) is 0 Å². The molecule has 0 rings (SSSR count). The molecule has 0 spiro atoms. The molecule has 0 fully saturated rings. The highest BCUT2D eigenvalue weighted by Crippen LogP contribution is 2.18. The van der Waals surface area contributed by atoms with E-state index in [1.54, 1.807) is 0 Å². The molecule has 0 aromatic heterocycles. The van der Waals surface area contributed by atoms with Gasteiger partial charge >= 0.3 is 0 Å². The van der Waals surface area contributed by atoms with Crippen LogP contribution in [-0.2, 0) is 0 Å². The zero-order chi connectivity index (χ0) is 9.23. The molecule has 12 heavy (non-hydrogen) atoms. The molecule has 0 radical (unpaired) electrons. The highest BCUT2D eigenvalue weighted by atomic mass is 31.1. The zero-order valence-corrected chi connectivity index (χ0v) is 9.90. The fourth-order valence-electron chi connectivity index (χ4n) is 1.19. The van der Waals surface area contributed by atoms with Crippen LogP contribution in [0.2, 0.25) is 0 Å². The monoisotopic (exact) mass is 189 g/mol. The van der Waals surface area contributed by atoms with Gasteiger partial charge in [0.15, 0.2) is 0 Å². The van der Waals surface area contributed by atoms with E-state index in [9.17, 15) is 0 Å². The summed E-state index contributed by atoms with van der Waals surface area (Å²) in [6.45, 7) is 9.47. The van der Waals surface area contributed by atoms with Crippen molar-refractivity contribution in [3.05, 3.63) is 0 Å². The Morgan fingerprint density at radius 2 is 1.42 bits per heavy atom. The first-order valence-electron chi connectivity index (χ1n) is 5.33. The molecule has 0 N–H and O–H groups in total. The summed E-state index contributed by atoms with van der Waals surface area (Å²) >= 11 is 0. The summed E-state index contributed by atoms with van der Waals surface area (Å²) in [5, 5.41) is 0. The summed E-state index contributed by atoms with van der Waals surface area (Å²) in [6, 6.07) is 0. The lowest BCUT2D eigenvalue weighted by Crippen LogP contribution is -2.17. The second-order valence-electron chi connectivity index (χ2n) is 3.21. The van der Waals surface area contributed by atoms with Crippen LogP contribution in [-0.4, -0.2) is 23.9 Å². The van der Waals surface area contributed by atoms with Crippen molar-refractivity contribution >= 4 is 8.73 Å². The third-order valence-electron chi connectivity index (χ3n) is 1.94. The fourth-order valence-corrected chi connectivity index (χ4v) is 2.27. The molecule has 74 valence electrons. The largest absolute Gasteiger partial charge is 0.285 e. The van der Waals surface area contributed by atoms with Crippen LogP contribution in [0.1, 0.15) is 46.5 Å². The van der Waals surface area contributed by atoms with E-state index in [0.29, 0.717) is 0 Å². The third-order valence-corrected chi connectivity index (χ3v) is 3.16. The van der Waals surface area contributed by atoms with E-state index in [4.69, 9.17) is 0 Å². The second-order valence-corrected chi connectivity index (χ2v) is 4.86. The van der Waals surface area contributed by atoms with Crippen molar-refractivity contribution in [1.29, 1.82) is 0 Å². The Morgan fingerprint density at radius 1 is 0.917 bits per heavy atom. The number of rotatable bonds is 8. The highest BCUT2D eigenvalue weighted by Gasteiger charge is 2.00. The molecule has 1 nitrogen and oxygen atoms in total. The van der Waals surface area contributed by atoms with Crippen molar-refractivity contribution in [3.63, 3.8) is 0 Å². The molecule has 2 heteroatoms. The fraction of sp³-hybridized carbons (Fsp3) is 1.00. The average molecular weight is 189 g/mol. The molecule has 0 heterocycles. The van der Waals surface area contributed by atoms with Crippen molar-refractivity contribution in [2.75, 3.05) is 19.3 Å². The molecular weight excluding hydrogens is 165 g/mol. The van der Waals surface area contributed by atoms with E-state index >= 15 is 0 Å². The average Bonchev–Trinajstić information content (AvgIpc) is 2.10. The molecule has 0 aromatic rings. The van der Waals surface area contributed by atoms with Gasteiger partial charge in [-0.25, -0.2) is 0 Å². The minimum Gasteiger partial charge on any atom is -0.285 e. The summed E-state index contributed by atoms with van der Waals surface area (Å²) in [6.07, 6.45) is 6.73. The summed E-state index contributed by atoms with van der Waals surface area (Å²) in [5.41, 5.74) is 0. The van der Waals surface area contributed by atoms with E-state index in [2.05, 4.69) is 25.4 Å². The lowest BCUT2D eigenvalue weighted by molar-refractivity contribution is 0.437. The Morgan fingerprint density at radius 3 is 1.75 bits per heavy atom. The molecular formula is C10H24NP. The summed E-state index contributed by atoms with van der Waals surface area (Å²) < 4.78 is 2.63. The van der Waals surface area contributed by atoms with Gasteiger partial charge in [0, 0.05) is 13.1 Å². The van der Waals surface area contributed by atoms with E-state index < -0.39 is 0 Å². The Kier molecular flexibility index (Phi) is 9.79. The van der Waals surface area contributed by atoms with E-state index in [1.165, 1.54) is 44.9 Å². The van der Waals surface area contributed by atoms with Gasteiger partial charge in [-0.2, -0.15) is 0 Å². The highest BCUT2D eigenvalue weighted by molar-refractivity contribution is 7.35. The van der Waals surface area contributed by atoms with Gasteiger partial charge in [-0.15, -0.1) is 0 Å². The van der Waals surface area contributed by atoms with Gasteiger partial charge in [0.05, 0.1) is 0 Å². The van der Waals surface area contributed by atoms with Crippen molar-refractivity contribution in [3.8, 4) is 0 Å². The first-order chi connectivity index (χ1) is 5.85. The van der Waals surface area contributed by atoms with Crippen LogP contribution in [0.15, 0.2) is 0 Å². The lowest BCUT2D eigenvalue weighted by atomic mass is 10.3. The van der Waals surface area contributed by atoms with Crippen LogP contribution < -0.4 is 0 Å². The minimum absolute atomic E-state index is 1.06. The zero-order valence-electron chi connectivity index (χ0n) is 8.90. The smallest absolute Gasteiger partial charge is 0.00185 e. The van der Waals surface area contributed by atoms with Crippen LogP contribution in [0.4, 0.5) is 0 Å². The quantitative estimate of drug-likeness (QED) is 0.528. The lowest BCUT2D eigenvalue weighted by Gasteiger charge is -2.20. The van der Waals surface area contributed by atoms with Crippen molar-refractivity contribution in [2.24, 2.45) is 0 Å². The van der Waals surface area contributed by atoms with Gasteiger partial charge in [0.25, 0.3) is 0 Å². The molecule has 0 bridgehead atoms. The maximum Gasteiger partial charge on any atom is 0.00185 e. The standard InChI is InChI=1S/C10H24NP/c1-4-7-9-11(12-6-3)10-8-5-2/h12H,4-10H2,1-3H3. The van der Waals surface area contributed by atoms with Crippen LogP contribution in [0, 0.1) is 0 Å². The molecule has 0 saturated carbocycles. The predicted octanol–water partition coefficient (Wildman–Crippen LogP) is 3.50. The van der Waals surface area contributed by atoms with Crippen LogP contribution in [0.5, 0.6) is 0 Å². The molecule has 0 aliphatic heterocycles. The van der Waals surface area contributed by atoms with E-state index in [-0.39, 0.29) is 0 Å². The molecule has 1 atom stereocenters. The van der Waals surface area contributed by atoms with Gasteiger partial charge in [-0.3, -0.25) is 4.67 Å². The number of nitrogens with zero attached hydrogens (tertiary/aromatic N) is 1. The molecule has 0 aliphatic rings. The Balaban J connectivity index is 3.40. The first kappa shape index (κ1) is 12.4. The van der Waals surface area contributed by atoms with Gasteiger partial charge in [-0.05, 0) is 19.0 Å². The third kappa shape index (κ3) is 7.06. The summed E-state index contributed by atoms with van der Waals surface area (Å²) in [5.74, 6) is 0. The summed E-state index contributed by atoms with van der Waals surface area (Å²) in [4.78, 5) is 0. The number of hydrogen-bond donors (Lipinski definition) is 0. The minimum atomic E-state index is 1.06. The molecule has 1 unspecified atom stereocenters. The number of unbranched alkanes of at least 4 members (excludes halogenated alkanes) is 2. The van der Waals surface area contributed by atoms with Crippen molar-refractivity contribution in [1.82, 2.24) is 4.67 Å². The maximum atomic E-state index is 2.63. The van der Waals surface area contributed by atoms with Crippen LogP contribution >= 0.6 is 8.73 Å². The molecule has 0 saturated heterocycles.